The maximum absolute atomic E-state index is 12.6. The molecule has 0 heterocycles. The summed E-state index contributed by atoms with van der Waals surface area (Å²) in [4.78, 5) is 0. The van der Waals surface area contributed by atoms with Crippen LogP contribution in [0.1, 0.15) is 111 Å². The highest BCUT2D eigenvalue weighted by Crippen LogP contribution is 2.69. The van der Waals surface area contributed by atoms with E-state index in [2.05, 4.69) is 27.7 Å². The van der Waals surface area contributed by atoms with Gasteiger partial charge < -0.3 is 10.2 Å². The zero-order chi connectivity index (χ0) is 24.2. The number of alkyl halides is 3. The highest BCUT2D eigenvalue weighted by atomic mass is 19.4. The number of aliphatic hydroxyl groups is 2. The van der Waals surface area contributed by atoms with Crippen LogP contribution in [0, 0.1) is 46.3 Å². The van der Waals surface area contributed by atoms with E-state index >= 15 is 0 Å². The maximum Gasteiger partial charge on any atom is 0.391 e. The molecule has 0 saturated heterocycles. The Morgan fingerprint density at radius 1 is 0.909 bits per heavy atom. The zero-order valence-electron chi connectivity index (χ0n) is 21.3. The van der Waals surface area contributed by atoms with E-state index in [9.17, 15) is 23.4 Å². The van der Waals surface area contributed by atoms with Crippen molar-refractivity contribution >= 4 is 0 Å². The lowest BCUT2D eigenvalue weighted by atomic mass is 9.43. The van der Waals surface area contributed by atoms with Crippen LogP contribution < -0.4 is 0 Å². The topological polar surface area (TPSA) is 40.5 Å². The Bertz CT molecular complexity index is 695. The Morgan fingerprint density at radius 2 is 1.61 bits per heavy atom. The average molecular weight is 473 g/mol. The summed E-state index contributed by atoms with van der Waals surface area (Å²) in [6, 6.07) is 0. The summed E-state index contributed by atoms with van der Waals surface area (Å²) in [5.41, 5.74) is 0.194. The SMILES string of the molecule is CC[C@]1(O)CCC2(C)[C@@H](CC[C@@H]3[C@@H]2CC[C@]2(C)[C@@H]([C@H](C)CC[C@@H](O)CC(F)(F)F)CC[C@@H]32)C1. The van der Waals surface area contributed by atoms with E-state index in [4.69, 9.17) is 0 Å². The summed E-state index contributed by atoms with van der Waals surface area (Å²) in [6.07, 6.45) is 5.75. The van der Waals surface area contributed by atoms with Gasteiger partial charge in [0.25, 0.3) is 0 Å². The first-order valence-electron chi connectivity index (χ1n) is 13.8. The Balaban J connectivity index is 1.42. The Hall–Kier alpha value is -0.290. The van der Waals surface area contributed by atoms with Crippen molar-refractivity contribution in [3.05, 3.63) is 0 Å². The van der Waals surface area contributed by atoms with Gasteiger partial charge in [0.1, 0.15) is 0 Å². The van der Waals surface area contributed by atoms with Crippen molar-refractivity contribution in [2.45, 2.75) is 129 Å². The van der Waals surface area contributed by atoms with E-state index in [1.165, 1.54) is 38.5 Å². The molecule has 33 heavy (non-hydrogen) atoms. The van der Waals surface area contributed by atoms with Crippen molar-refractivity contribution in [3.63, 3.8) is 0 Å². The fraction of sp³-hybridized carbons (Fsp3) is 1.00. The minimum atomic E-state index is -4.29. The third-order valence-electron chi connectivity index (χ3n) is 11.7. The molecule has 2 N–H and O–H groups in total. The lowest BCUT2D eigenvalue weighted by Crippen LogP contribution is -2.56. The summed E-state index contributed by atoms with van der Waals surface area (Å²) >= 11 is 0. The third-order valence-corrected chi connectivity index (χ3v) is 11.7. The second-order valence-corrected chi connectivity index (χ2v) is 13.2. The zero-order valence-corrected chi connectivity index (χ0v) is 21.3. The molecule has 0 aliphatic heterocycles. The molecule has 4 rings (SSSR count). The molecule has 4 saturated carbocycles. The van der Waals surface area contributed by atoms with Gasteiger partial charge in [0.2, 0.25) is 0 Å². The number of aliphatic hydroxyl groups excluding tert-OH is 1. The first-order valence-corrected chi connectivity index (χ1v) is 13.8. The third kappa shape index (κ3) is 4.76. The Morgan fingerprint density at radius 3 is 2.27 bits per heavy atom. The highest BCUT2D eigenvalue weighted by Gasteiger charge is 2.61. The second-order valence-electron chi connectivity index (χ2n) is 13.2. The van der Waals surface area contributed by atoms with E-state index in [-0.39, 0.29) is 11.8 Å². The number of rotatable bonds is 6. The van der Waals surface area contributed by atoms with Crippen LogP contribution >= 0.6 is 0 Å². The first kappa shape index (κ1) is 25.8. The minimum absolute atomic E-state index is 0.254. The van der Waals surface area contributed by atoms with Gasteiger partial charge in [0, 0.05) is 0 Å². The number of halogens is 3. The molecule has 2 nitrogen and oxygen atoms in total. The minimum Gasteiger partial charge on any atom is -0.393 e. The molecule has 4 aliphatic rings. The highest BCUT2D eigenvalue weighted by molar-refractivity contribution is 5.10. The number of fused-ring (bicyclic) bond motifs is 5. The van der Waals surface area contributed by atoms with Crippen LogP contribution in [0.15, 0.2) is 0 Å². The van der Waals surface area contributed by atoms with E-state index in [1.54, 1.807) is 0 Å². The molecule has 4 fully saturated rings. The van der Waals surface area contributed by atoms with E-state index in [1.807, 2.05) is 0 Å². The summed E-state index contributed by atoms with van der Waals surface area (Å²) in [5.74, 6) is 3.83. The lowest BCUT2D eigenvalue weighted by Gasteiger charge is -2.62. The van der Waals surface area contributed by atoms with Crippen molar-refractivity contribution in [3.8, 4) is 0 Å². The smallest absolute Gasteiger partial charge is 0.391 e. The van der Waals surface area contributed by atoms with Crippen LogP contribution in [0.4, 0.5) is 13.2 Å². The van der Waals surface area contributed by atoms with Gasteiger partial charge in [0.05, 0.1) is 18.1 Å². The molecule has 5 heteroatoms. The summed E-state index contributed by atoms with van der Waals surface area (Å²) < 4.78 is 37.8. The molecular weight excluding hydrogens is 425 g/mol. The molecule has 0 aromatic heterocycles. The van der Waals surface area contributed by atoms with Gasteiger partial charge in [-0.1, -0.05) is 27.7 Å². The molecule has 4 aliphatic carbocycles. The predicted molar refractivity (Wildman–Crippen MR) is 126 cm³/mol. The van der Waals surface area contributed by atoms with Gasteiger partial charge in [0.15, 0.2) is 0 Å². The van der Waals surface area contributed by atoms with Gasteiger partial charge in [-0.25, -0.2) is 0 Å². The van der Waals surface area contributed by atoms with E-state index in [0.717, 1.165) is 43.4 Å². The lowest BCUT2D eigenvalue weighted by molar-refractivity contribution is -0.155. The molecular formula is C28H47F3O2. The molecule has 10 atom stereocenters. The van der Waals surface area contributed by atoms with Crippen molar-refractivity contribution in [1.82, 2.24) is 0 Å². The van der Waals surface area contributed by atoms with Gasteiger partial charge in [-0.3, -0.25) is 0 Å². The van der Waals surface area contributed by atoms with Crippen molar-refractivity contribution in [2.24, 2.45) is 46.3 Å². The van der Waals surface area contributed by atoms with Crippen LogP contribution in [0.3, 0.4) is 0 Å². The first-order chi connectivity index (χ1) is 15.3. The Labute approximate surface area is 199 Å². The molecule has 0 bridgehead atoms. The Kier molecular flexibility index (Phi) is 7.02. The molecule has 0 aromatic carbocycles. The van der Waals surface area contributed by atoms with Gasteiger partial charge in [-0.2, -0.15) is 13.2 Å². The van der Waals surface area contributed by atoms with E-state index < -0.39 is 24.3 Å². The average Bonchev–Trinajstić information content (AvgIpc) is 3.09. The van der Waals surface area contributed by atoms with Crippen LogP contribution in [0.25, 0.3) is 0 Å². The second kappa shape index (κ2) is 8.98. The van der Waals surface area contributed by atoms with Crippen molar-refractivity contribution in [2.75, 3.05) is 0 Å². The molecule has 0 amide bonds. The van der Waals surface area contributed by atoms with Crippen LogP contribution in [-0.2, 0) is 0 Å². The fourth-order valence-corrected chi connectivity index (χ4v) is 9.64. The molecule has 0 spiro atoms. The molecule has 0 aromatic rings. The number of hydrogen-bond acceptors (Lipinski definition) is 2. The summed E-state index contributed by atoms with van der Waals surface area (Å²) in [6.45, 7) is 9.36. The summed E-state index contributed by atoms with van der Waals surface area (Å²) in [5, 5.41) is 20.9. The normalized spacial score (nSPS) is 47.4. The van der Waals surface area contributed by atoms with Gasteiger partial charge in [-0.15, -0.1) is 0 Å². The van der Waals surface area contributed by atoms with Crippen molar-refractivity contribution < 1.29 is 23.4 Å². The molecule has 0 radical (unpaired) electrons. The maximum atomic E-state index is 12.6. The fourth-order valence-electron chi connectivity index (χ4n) is 9.64. The van der Waals surface area contributed by atoms with Crippen LogP contribution in [-0.4, -0.2) is 28.1 Å². The van der Waals surface area contributed by atoms with Gasteiger partial charge >= 0.3 is 6.18 Å². The van der Waals surface area contributed by atoms with Crippen LogP contribution in [0.5, 0.6) is 0 Å². The van der Waals surface area contributed by atoms with Crippen LogP contribution in [0.2, 0.25) is 0 Å². The largest absolute Gasteiger partial charge is 0.393 e. The number of hydrogen-bond donors (Lipinski definition) is 2. The standard InChI is InChI=1S/C28H47F3O2/c1-5-27(33)15-14-25(3)19(16-27)7-9-21-23-11-10-22(26(23,4)13-12-24(21)25)18(2)6-8-20(32)17-28(29,30)31/h18-24,32-33H,5-17H2,1-4H3/t18-,19+,20-,21+,22-,23+,24+,25?,26-,27+/m1/s1. The van der Waals surface area contributed by atoms with Gasteiger partial charge in [-0.05, 0) is 123 Å². The molecule has 192 valence electrons. The van der Waals surface area contributed by atoms with E-state index in [0.29, 0.717) is 29.6 Å². The monoisotopic (exact) mass is 472 g/mol. The van der Waals surface area contributed by atoms with Crippen molar-refractivity contribution in [1.29, 1.82) is 0 Å². The quantitative estimate of drug-likeness (QED) is 0.420. The summed E-state index contributed by atoms with van der Waals surface area (Å²) in [7, 11) is 0. The predicted octanol–water partition coefficient (Wildman–Crippen LogP) is 7.52. The molecule has 1 unspecified atom stereocenters.